The van der Waals surface area contributed by atoms with Gasteiger partial charge in [0.05, 0.1) is 24.4 Å². The number of rotatable bonds is 9. The molecule has 0 saturated carbocycles. The highest BCUT2D eigenvalue weighted by molar-refractivity contribution is 5.13. The van der Waals surface area contributed by atoms with Crippen molar-refractivity contribution < 1.29 is 14.2 Å². The molecule has 0 radical (unpaired) electrons. The molecule has 3 nitrogen and oxygen atoms in total. The van der Waals surface area contributed by atoms with Gasteiger partial charge in [-0.3, -0.25) is 0 Å². The van der Waals surface area contributed by atoms with Crippen LogP contribution in [0.2, 0.25) is 0 Å². The second-order valence-electron chi connectivity index (χ2n) is 8.08. The molecule has 0 aromatic heterocycles. The fourth-order valence-corrected chi connectivity index (χ4v) is 3.20. The van der Waals surface area contributed by atoms with E-state index in [0.717, 1.165) is 32.1 Å². The van der Waals surface area contributed by atoms with Crippen molar-refractivity contribution in [1.82, 2.24) is 0 Å². The van der Waals surface area contributed by atoms with E-state index in [4.69, 9.17) is 14.2 Å². The predicted octanol–water partition coefficient (Wildman–Crippen LogP) is 6.03. The quantitative estimate of drug-likeness (QED) is 0.503. The number of hydrogen-bond donors (Lipinski definition) is 0. The Morgan fingerprint density at radius 3 is 2.50 bits per heavy atom. The van der Waals surface area contributed by atoms with E-state index in [0.29, 0.717) is 6.61 Å². The number of ether oxygens (including phenoxy) is 3. The number of benzene rings is 1. The first-order chi connectivity index (χ1) is 12.5. The molecule has 1 aromatic carbocycles. The average molecular weight is 361 g/mol. The fraction of sp³-hybridized carbons (Fsp3) is 0.652. The van der Waals surface area contributed by atoms with Crippen molar-refractivity contribution in [3.05, 3.63) is 48.0 Å². The molecular weight excluding hydrogens is 324 g/mol. The third-order valence-electron chi connectivity index (χ3n) is 4.46. The molecule has 0 unspecified atom stereocenters. The molecule has 0 aliphatic carbocycles. The number of hydrogen-bond acceptors (Lipinski definition) is 3. The first kappa shape index (κ1) is 21.1. The molecule has 1 fully saturated rings. The number of allylic oxidation sites excluding steroid dienone is 2. The minimum absolute atomic E-state index is 0.0890. The van der Waals surface area contributed by atoms with Crippen LogP contribution in [-0.2, 0) is 20.8 Å². The van der Waals surface area contributed by atoms with Crippen LogP contribution in [0.15, 0.2) is 42.5 Å². The molecule has 0 N–H and O–H groups in total. The van der Waals surface area contributed by atoms with Crippen LogP contribution >= 0.6 is 0 Å². The van der Waals surface area contributed by atoms with Gasteiger partial charge in [-0.15, -0.1) is 0 Å². The monoisotopic (exact) mass is 360 g/mol. The second-order valence-corrected chi connectivity index (χ2v) is 8.08. The SMILES string of the molecule is CCC/C=C\CC[C@H]1O[C@H](OC(C)(C)C)CC[C@H]1OCc1ccccc1. The van der Waals surface area contributed by atoms with Gasteiger partial charge in [0.25, 0.3) is 0 Å². The molecule has 3 atom stereocenters. The molecule has 1 aromatic rings. The molecule has 3 heteroatoms. The van der Waals surface area contributed by atoms with E-state index in [1.54, 1.807) is 0 Å². The molecule has 1 aliphatic heterocycles. The Kier molecular flexibility index (Phi) is 8.83. The summed E-state index contributed by atoms with van der Waals surface area (Å²) in [5.41, 5.74) is 1.02. The minimum atomic E-state index is -0.187. The van der Waals surface area contributed by atoms with Crippen molar-refractivity contribution in [2.24, 2.45) is 0 Å². The molecule has 1 aliphatic rings. The topological polar surface area (TPSA) is 27.7 Å². The summed E-state index contributed by atoms with van der Waals surface area (Å²) < 4.78 is 18.6. The van der Waals surface area contributed by atoms with Crippen molar-refractivity contribution >= 4 is 0 Å². The molecule has 146 valence electrons. The van der Waals surface area contributed by atoms with Gasteiger partial charge in [0, 0.05) is 6.42 Å². The summed E-state index contributed by atoms with van der Waals surface area (Å²) in [4.78, 5) is 0. The highest BCUT2D eigenvalue weighted by Crippen LogP contribution is 2.29. The van der Waals surface area contributed by atoms with Gasteiger partial charge in [-0.25, -0.2) is 0 Å². The molecule has 0 amide bonds. The van der Waals surface area contributed by atoms with Gasteiger partial charge in [0.1, 0.15) is 0 Å². The highest BCUT2D eigenvalue weighted by atomic mass is 16.7. The zero-order valence-corrected chi connectivity index (χ0v) is 16.9. The van der Waals surface area contributed by atoms with Crippen LogP contribution in [0.5, 0.6) is 0 Å². The summed E-state index contributed by atoms with van der Waals surface area (Å²) in [5, 5.41) is 0. The Balaban J connectivity index is 1.90. The summed E-state index contributed by atoms with van der Waals surface area (Å²) in [6, 6.07) is 10.4. The van der Waals surface area contributed by atoms with Crippen LogP contribution in [0.25, 0.3) is 0 Å². The smallest absolute Gasteiger partial charge is 0.158 e. The lowest BCUT2D eigenvalue weighted by Crippen LogP contribution is -2.43. The Labute approximate surface area is 159 Å². The molecule has 1 saturated heterocycles. The van der Waals surface area contributed by atoms with E-state index < -0.39 is 0 Å². The summed E-state index contributed by atoms with van der Waals surface area (Å²) in [7, 11) is 0. The van der Waals surface area contributed by atoms with Gasteiger partial charge >= 0.3 is 0 Å². The zero-order chi connectivity index (χ0) is 18.8. The van der Waals surface area contributed by atoms with Crippen molar-refractivity contribution in [3.63, 3.8) is 0 Å². The van der Waals surface area contributed by atoms with Crippen LogP contribution in [0.1, 0.15) is 71.8 Å². The normalized spacial score (nSPS) is 24.2. The number of unbranched alkanes of at least 4 members (excludes halogenated alkanes) is 1. The lowest BCUT2D eigenvalue weighted by atomic mass is 9.99. The first-order valence-corrected chi connectivity index (χ1v) is 10.1. The van der Waals surface area contributed by atoms with Crippen LogP contribution in [0.4, 0.5) is 0 Å². The maximum atomic E-state index is 6.29. The second kappa shape index (κ2) is 10.9. The molecule has 0 bridgehead atoms. The minimum Gasteiger partial charge on any atom is -0.371 e. The standard InChI is InChI=1S/C23H36O3/c1-5-6-7-8-12-15-21-20(24-18-19-13-10-9-11-14-19)16-17-22(25-21)26-23(2,3)4/h7-11,13-14,20-22H,5-6,12,15-18H2,1-4H3/b8-7-/t20-,21-,22-/m1/s1. The van der Waals surface area contributed by atoms with Crippen molar-refractivity contribution in [1.29, 1.82) is 0 Å². The Morgan fingerprint density at radius 1 is 1.08 bits per heavy atom. The summed E-state index contributed by atoms with van der Waals surface area (Å²) >= 11 is 0. The van der Waals surface area contributed by atoms with Crippen molar-refractivity contribution in [2.75, 3.05) is 0 Å². The van der Waals surface area contributed by atoms with Gasteiger partial charge in [0.2, 0.25) is 0 Å². The lowest BCUT2D eigenvalue weighted by molar-refractivity contribution is -0.261. The Bertz CT molecular complexity index is 518. The van der Waals surface area contributed by atoms with Gasteiger partial charge in [0.15, 0.2) is 6.29 Å². The largest absolute Gasteiger partial charge is 0.371 e. The van der Waals surface area contributed by atoms with Crippen molar-refractivity contribution in [2.45, 2.75) is 96.9 Å². The van der Waals surface area contributed by atoms with E-state index in [1.165, 1.54) is 12.0 Å². The van der Waals surface area contributed by atoms with Gasteiger partial charge < -0.3 is 14.2 Å². The molecule has 2 rings (SSSR count). The van der Waals surface area contributed by atoms with Crippen LogP contribution in [-0.4, -0.2) is 24.1 Å². The molecule has 26 heavy (non-hydrogen) atoms. The molecule has 0 spiro atoms. The average Bonchev–Trinajstić information content (AvgIpc) is 2.60. The van der Waals surface area contributed by atoms with Gasteiger partial charge in [-0.2, -0.15) is 0 Å². The molecular formula is C23H36O3. The Morgan fingerprint density at radius 2 is 1.81 bits per heavy atom. The van der Waals surface area contributed by atoms with E-state index in [9.17, 15) is 0 Å². The van der Waals surface area contributed by atoms with E-state index >= 15 is 0 Å². The summed E-state index contributed by atoms with van der Waals surface area (Å²) in [5.74, 6) is 0. The van der Waals surface area contributed by atoms with E-state index in [1.807, 2.05) is 6.07 Å². The fourth-order valence-electron chi connectivity index (χ4n) is 3.20. The highest BCUT2D eigenvalue weighted by Gasteiger charge is 2.33. The zero-order valence-electron chi connectivity index (χ0n) is 16.9. The lowest BCUT2D eigenvalue weighted by Gasteiger charge is -2.38. The van der Waals surface area contributed by atoms with E-state index in [-0.39, 0.29) is 24.1 Å². The predicted molar refractivity (Wildman–Crippen MR) is 107 cm³/mol. The van der Waals surface area contributed by atoms with Gasteiger partial charge in [-0.1, -0.05) is 55.8 Å². The van der Waals surface area contributed by atoms with Crippen molar-refractivity contribution in [3.8, 4) is 0 Å². The van der Waals surface area contributed by atoms with E-state index in [2.05, 4.69) is 64.1 Å². The van der Waals surface area contributed by atoms with Gasteiger partial charge in [-0.05, 0) is 52.0 Å². The maximum absolute atomic E-state index is 6.29. The maximum Gasteiger partial charge on any atom is 0.158 e. The summed E-state index contributed by atoms with van der Waals surface area (Å²) in [6.45, 7) is 9.09. The molecule has 1 heterocycles. The third kappa shape index (κ3) is 8.03. The van der Waals surface area contributed by atoms with Crippen LogP contribution < -0.4 is 0 Å². The third-order valence-corrected chi connectivity index (χ3v) is 4.46. The van der Waals surface area contributed by atoms with Crippen LogP contribution in [0.3, 0.4) is 0 Å². The Hall–Kier alpha value is -1.16. The first-order valence-electron chi connectivity index (χ1n) is 10.1. The summed E-state index contributed by atoms with van der Waals surface area (Å²) in [6.07, 6.45) is 10.9. The van der Waals surface area contributed by atoms with Crippen LogP contribution in [0, 0.1) is 0 Å².